The zero-order chi connectivity index (χ0) is 13.7. The largest absolute Gasteiger partial charge is 0.371 e. The SMILES string of the molecule is CC(C)NCc1cnccc1N(C)C(C)C(C)C. The number of anilines is 1. The van der Waals surface area contributed by atoms with Crippen molar-refractivity contribution in [3.63, 3.8) is 0 Å². The topological polar surface area (TPSA) is 28.2 Å². The third kappa shape index (κ3) is 3.98. The van der Waals surface area contributed by atoms with Gasteiger partial charge in [-0.25, -0.2) is 0 Å². The Balaban J connectivity index is 2.87. The predicted molar refractivity (Wildman–Crippen MR) is 78.9 cm³/mol. The van der Waals surface area contributed by atoms with Crippen molar-refractivity contribution in [1.29, 1.82) is 0 Å². The molecular formula is C15H27N3. The Morgan fingerprint density at radius 2 is 1.89 bits per heavy atom. The molecule has 0 spiro atoms. The van der Waals surface area contributed by atoms with E-state index in [0.717, 1.165) is 6.54 Å². The standard InChI is InChI=1S/C15H27N3/c1-11(2)13(5)18(6)15-7-8-16-9-14(15)10-17-12(3)4/h7-9,11-13,17H,10H2,1-6H3. The molecule has 0 radical (unpaired) electrons. The maximum absolute atomic E-state index is 4.24. The van der Waals surface area contributed by atoms with Gasteiger partial charge in [-0.05, 0) is 18.9 Å². The van der Waals surface area contributed by atoms with Gasteiger partial charge in [0.2, 0.25) is 0 Å². The van der Waals surface area contributed by atoms with Crippen LogP contribution in [-0.4, -0.2) is 24.1 Å². The molecule has 18 heavy (non-hydrogen) atoms. The second kappa shape index (κ2) is 6.74. The molecule has 0 saturated carbocycles. The number of nitrogens with one attached hydrogen (secondary N) is 1. The minimum Gasteiger partial charge on any atom is -0.371 e. The van der Waals surface area contributed by atoms with E-state index in [4.69, 9.17) is 0 Å². The van der Waals surface area contributed by atoms with Crippen molar-refractivity contribution in [3.8, 4) is 0 Å². The summed E-state index contributed by atoms with van der Waals surface area (Å²) < 4.78 is 0. The van der Waals surface area contributed by atoms with Gasteiger partial charge in [-0.15, -0.1) is 0 Å². The van der Waals surface area contributed by atoms with E-state index in [2.05, 4.69) is 62.9 Å². The average Bonchev–Trinajstić information content (AvgIpc) is 2.34. The van der Waals surface area contributed by atoms with Gasteiger partial charge in [0.1, 0.15) is 0 Å². The van der Waals surface area contributed by atoms with Gasteiger partial charge >= 0.3 is 0 Å². The van der Waals surface area contributed by atoms with E-state index in [9.17, 15) is 0 Å². The van der Waals surface area contributed by atoms with Gasteiger partial charge in [0.05, 0.1) is 0 Å². The van der Waals surface area contributed by atoms with Crippen LogP contribution in [0.4, 0.5) is 5.69 Å². The van der Waals surface area contributed by atoms with Crippen molar-refractivity contribution < 1.29 is 0 Å². The number of pyridine rings is 1. The molecule has 1 aromatic rings. The predicted octanol–water partition coefficient (Wildman–Crippen LogP) is 3.06. The Hall–Kier alpha value is -1.09. The molecule has 3 nitrogen and oxygen atoms in total. The molecular weight excluding hydrogens is 222 g/mol. The molecule has 1 unspecified atom stereocenters. The van der Waals surface area contributed by atoms with Gasteiger partial charge in [0.15, 0.2) is 0 Å². The van der Waals surface area contributed by atoms with Gasteiger partial charge in [-0.3, -0.25) is 4.98 Å². The van der Waals surface area contributed by atoms with Crippen molar-refractivity contribution in [2.75, 3.05) is 11.9 Å². The number of hydrogen-bond donors (Lipinski definition) is 1. The zero-order valence-electron chi connectivity index (χ0n) is 12.6. The van der Waals surface area contributed by atoms with Crippen LogP contribution in [0.25, 0.3) is 0 Å². The van der Waals surface area contributed by atoms with Crippen LogP contribution in [0, 0.1) is 5.92 Å². The van der Waals surface area contributed by atoms with Crippen molar-refractivity contribution in [3.05, 3.63) is 24.0 Å². The Labute approximate surface area is 112 Å². The molecule has 0 aliphatic carbocycles. The van der Waals surface area contributed by atoms with Crippen molar-refractivity contribution in [1.82, 2.24) is 10.3 Å². The van der Waals surface area contributed by atoms with E-state index in [1.165, 1.54) is 11.3 Å². The summed E-state index contributed by atoms with van der Waals surface area (Å²) in [4.78, 5) is 6.59. The summed E-state index contributed by atoms with van der Waals surface area (Å²) in [6.45, 7) is 12.0. The van der Waals surface area contributed by atoms with Crippen LogP contribution in [0.5, 0.6) is 0 Å². The first-order valence-corrected chi connectivity index (χ1v) is 6.82. The van der Waals surface area contributed by atoms with E-state index in [-0.39, 0.29) is 0 Å². The smallest absolute Gasteiger partial charge is 0.0442 e. The molecule has 1 aromatic heterocycles. The highest BCUT2D eigenvalue weighted by Crippen LogP contribution is 2.22. The lowest BCUT2D eigenvalue weighted by Gasteiger charge is -2.31. The van der Waals surface area contributed by atoms with Crippen LogP contribution in [0.1, 0.15) is 40.2 Å². The molecule has 102 valence electrons. The third-order valence-corrected chi connectivity index (χ3v) is 3.53. The molecule has 0 bridgehead atoms. The Kier molecular flexibility index (Phi) is 5.60. The van der Waals surface area contributed by atoms with Crippen LogP contribution in [0.3, 0.4) is 0 Å². The fourth-order valence-electron chi connectivity index (χ4n) is 1.88. The van der Waals surface area contributed by atoms with E-state index in [1.807, 2.05) is 12.4 Å². The summed E-state index contributed by atoms with van der Waals surface area (Å²) in [7, 11) is 2.17. The summed E-state index contributed by atoms with van der Waals surface area (Å²) in [6, 6.07) is 3.12. The average molecular weight is 249 g/mol. The molecule has 0 aliphatic rings. The highest BCUT2D eigenvalue weighted by molar-refractivity contribution is 5.52. The first-order valence-electron chi connectivity index (χ1n) is 6.82. The lowest BCUT2D eigenvalue weighted by Crippen LogP contribution is -2.34. The summed E-state index contributed by atoms with van der Waals surface area (Å²) in [5.74, 6) is 0.633. The second-order valence-electron chi connectivity index (χ2n) is 5.64. The highest BCUT2D eigenvalue weighted by Gasteiger charge is 2.16. The van der Waals surface area contributed by atoms with Crippen molar-refractivity contribution >= 4 is 5.69 Å². The third-order valence-electron chi connectivity index (χ3n) is 3.53. The molecule has 0 aliphatic heterocycles. The minimum absolute atomic E-state index is 0.492. The maximum Gasteiger partial charge on any atom is 0.0442 e. The van der Waals surface area contributed by atoms with Crippen LogP contribution in [-0.2, 0) is 6.54 Å². The van der Waals surface area contributed by atoms with Gasteiger partial charge in [-0.2, -0.15) is 0 Å². The molecule has 0 fully saturated rings. The minimum atomic E-state index is 0.492. The molecule has 0 aromatic carbocycles. The molecule has 1 rings (SSSR count). The molecule has 1 atom stereocenters. The summed E-state index contributed by atoms with van der Waals surface area (Å²) in [5, 5.41) is 3.46. The van der Waals surface area contributed by atoms with E-state index >= 15 is 0 Å². The van der Waals surface area contributed by atoms with Gasteiger partial charge < -0.3 is 10.2 Å². The number of hydrogen-bond acceptors (Lipinski definition) is 3. The van der Waals surface area contributed by atoms with Crippen LogP contribution >= 0.6 is 0 Å². The first kappa shape index (κ1) is 15.0. The summed E-state index contributed by atoms with van der Waals surface area (Å²) in [6.07, 6.45) is 3.84. The number of rotatable bonds is 6. The quantitative estimate of drug-likeness (QED) is 0.840. The fraction of sp³-hybridized carbons (Fsp3) is 0.667. The molecule has 1 N–H and O–H groups in total. The monoisotopic (exact) mass is 249 g/mol. The molecule has 0 saturated heterocycles. The summed E-state index contributed by atoms with van der Waals surface area (Å²) in [5.41, 5.74) is 2.54. The van der Waals surface area contributed by atoms with Crippen LogP contribution in [0.15, 0.2) is 18.5 Å². The van der Waals surface area contributed by atoms with Gasteiger partial charge in [0, 0.05) is 49.3 Å². The number of nitrogens with zero attached hydrogens (tertiary/aromatic N) is 2. The van der Waals surface area contributed by atoms with Crippen molar-refractivity contribution in [2.24, 2.45) is 5.92 Å². The summed E-state index contributed by atoms with van der Waals surface area (Å²) >= 11 is 0. The normalized spacial score (nSPS) is 13.1. The fourth-order valence-corrected chi connectivity index (χ4v) is 1.88. The van der Waals surface area contributed by atoms with Gasteiger partial charge in [-0.1, -0.05) is 27.7 Å². The lowest BCUT2D eigenvalue weighted by atomic mass is 10.0. The van der Waals surface area contributed by atoms with Crippen LogP contribution < -0.4 is 10.2 Å². The first-order chi connectivity index (χ1) is 8.43. The van der Waals surface area contributed by atoms with Crippen LogP contribution in [0.2, 0.25) is 0 Å². The van der Waals surface area contributed by atoms with Crippen molar-refractivity contribution in [2.45, 2.75) is 53.2 Å². The Bertz CT molecular complexity index is 361. The highest BCUT2D eigenvalue weighted by atomic mass is 15.1. The molecule has 1 heterocycles. The zero-order valence-corrected chi connectivity index (χ0v) is 12.6. The van der Waals surface area contributed by atoms with E-state index < -0.39 is 0 Å². The molecule has 0 amide bonds. The van der Waals surface area contributed by atoms with Gasteiger partial charge in [0.25, 0.3) is 0 Å². The Morgan fingerprint density at radius 3 is 2.44 bits per heavy atom. The lowest BCUT2D eigenvalue weighted by molar-refractivity contribution is 0.503. The number of aromatic nitrogens is 1. The maximum atomic E-state index is 4.24. The second-order valence-corrected chi connectivity index (χ2v) is 5.64. The van der Waals surface area contributed by atoms with E-state index in [1.54, 1.807) is 0 Å². The molecule has 3 heteroatoms. The Morgan fingerprint density at radius 1 is 1.22 bits per heavy atom. The van der Waals surface area contributed by atoms with E-state index in [0.29, 0.717) is 18.0 Å².